The summed E-state index contributed by atoms with van der Waals surface area (Å²) in [5.41, 5.74) is 0. The molecule has 1 rings (SSSR count). The Morgan fingerprint density at radius 3 is 2.67 bits per heavy atom. The van der Waals surface area contributed by atoms with Crippen LogP contribution in [-0.4, -0.2) is 24.8 Å². The Morgan fingerprint density at radius 1 is 1.78 bits per heavy atom. The second-order valence-corrected chi connectivity index (χ2v) is 2.01. The molecule has 9 heavy (non-hydrogen) atoms. The van der Waals surface area contributed by atoms with Crippen molar-refractivity contribution in [3.8, 4) is 0 Å². The van der Waals surface area contributed by atoms with E-state index in [0.717, 1.165) is 0 Å². The fourth-order valence-corrected chi connectivity index (χ4v) is 0.657. The minimum atomic E-state index is -0.273. The molecular formula is C6H10O3. The van der Waals surface area contributed by atoms with Gasteiger partial charge in [-0.2, -0.15) is 0 Å². The molecule has 1 aliphatic heterocycles. The summed E-state index contributed by atoms with van der Waals surface area (Å²) in [6.45, 7) is 4.07. The van der Waals surface area contributed by atoms with Gasteiger partial charge >= 0.3 is 5.97 Å². The predicted molar refractivity (Wildman–Crippen MR) is 31.0 cm³/mol. The molecule has 0 aliphatic carbocycles. The van der Waals surface area contributed by atoms with E-state index in [4.69, 9.17) is 4.74 Å². The Balaban J connectivity index is 2.20. The average Bonchev–Trinajstić information content (AvgIpc) is 2.47. The minimum absolute atomic E-state index is 0.0732. The standard InChI is InChI=1S/C6H10O3/c1-3-8-6(7)5-4(2)9-5/h4-5H,3H2,1-2H3. The van der Waals surface area contributed by atoms with Crippen molar-refractivity contribution in [1.29, 1.82) is 0 Å². The molecular weight excluding hydrogens is 120 g/mol. The van der Waals surface area contributed by atoms with Crippen LogP contribution < -0.4 is 0 Å². The minimum Gasteiger partial charge on any atom is -0.464 e. The maximum atomic E-state index is 10.7. The van der Waals surface area contributed by atoms with Gasteiger partial charge in [-0.1, -0.05) is 0 Å². The van der Waals surface area contributed by atoms with E-state index in [1.54, 1.807) is 6.92 Å². The number of epoxide rings is 1. The van der Waals surface area contributed by atoms with Crippen molar-refractivity contribution >= 4 is 5.97 Å². The first-order chi connectivity index (χ1) is 4.25. The highest BCUT2D eigenvalue weighted by Gasteiger charge is 2.42. The first-order valence-corrected chi connectivity index (χ1v) is 3.07. The van der Waals surface area contributed by atoms with Crippen molar-refractivity contribution in [2.24, 2.45) is 0 Å². The molecule has 0 aromatic rings. The van der Waals surface area contributed by atoms with E-state index in [9.17, 15) is 4.79 Å². The predicted octanol–water partition coefficient (Wildman–Crippen LogP) is 0.337. The van der Waals surface area contributed by atoms with Gasteiger partial charge in [0, 0.05) is 0 Å². The number of esters is 1. The van der Waals surface area contributed by atoms with Gasteiger partial charge in [-0.25, -0.2) is 4.79 Å². The van der Waals surface area contributed by atoms with Crippen LogP contribution >= 0.6 is 0 Å². The Labute approximate surface area is 53.9 Å². The Morgan fingerprint density at radius 2 is 2.33 bits per heavy atom. The van der Waals surface area contributed by atoms with Crippen LogP contribution in [0.25, 0.3) is 0 Å². The number of carbonyl (C=O) groups excluding carboxylic acids is 1. The second kappa shape index (κ2) is 2.35. The molecule has 0 amide bonds. The number of rotatable bonds is 2. The third-order valence-electron chi connectivity index (χ3n) is 1.23. The fraction of sp³-hybridized carbons (Fsp3) is 0.833. The molecule has 0 saturated carbocycles. The normalized spacial score (nSPS) is 31.8. The van der Waals surface area contributed by atoms with E-state index < -0.39 is 0 Å². The first-order valence-electron chi connectivity index (χ1n) is 3.07. The number of hydrogen-bond acceptors (Lipinski definition) is 3. The zero-order valence-electron chi connectivity index (χ0n) is 5.59. The van der Waals surface area contributed by atoms with E-state index in [1.807, 2.05) is 6.92 Å². The molecule has 3 nitrogen and oxygen atoms in total. The SMILES string of the molecule is CCOC(=O)C1OC1C. The third kappa shape index (κ3) is 1.42. The Bertz CT molecular complexity index is 121. The van der Waals surface area contributed by atoms with Crippen molar-refractivity contribution in [3.63, 3.8) is 0 Å². The largest absolute Gasteiger partial charge is 0.464 e. The molecule has 0 bridgehead atoms. The van der Waals surface area contributed by atoms with Crippen LogP contribution in [-0.2, 0) is 14.3 Å². The lowest BCUT2D eigenvalue weighted by atomic mass is 10.3. The maximum absolute atomic E-state index is 10.7. The molecule has 3 heteroatoms. The van der Waals surface area contributed by atoms with Crippen molar-refractivity contribution < 1.29 is 14.3 Å². The lowest BCUT2D eigenvalue weighted by molar-refractivity contribution is -0.144. The van der Waals surface area contributed by atoms with E-state index >= 15 is 0 Å². The molecule has 2 unspecified atom stereocenters. The summed E-state index contributed by atoms with van der Waals surface area (Å²) in [6.07, 6.45) is -0.200. The topological polar surface area (TPSA) is 38.8 Å². The first kappa shape index (κ1) is 6.55. The van der Waals surface area contributed by atoms with Crippen molar-refractivity contribution in [2.45, 2.75) is 26.1 Å². The number of ether oxygens (including phenoxy) is 2. The smallest absolute Gasteiger partial charge is 0.337 e. The molecule has 0 spiro atoms. The van der Waals surface area contributed by atoms with Gasteiger partial charge in [-0.15, -0.1) is 0 Å². The van der Waals surface area contributed by atoms with E-state index in [1.165, 1.54) is 0 Å². The molecule has 0 aromatic heterocycles. The van der Waals surface area contributed by atoms with Gasteiger partial charge in [-0.05, 0) is 13.8 Å². The third-order valence-corrected chi connectivity index (χ3v) is 1.23. The van der Waals surface area contributed by atoms with Gasteiger partial charge in [0.05, 0.1) is 12.7 Å². The molecule has 1 aliphatic rings. The van der Waals surface area contributed by atoms with Crippen LogP contribution in [0.1, 0.15) is 13.8 Å². The van der Waals surface area contributed by atoms with Crippen molar-refractivity contribution in [1.82, 2.24) is 0 Å². The highest BCUT2D eigenvalue weighted by molar-refractivity contribution is 5.77. The summed E-state index contributed by atoms with van der Waals surface area (Å²) in [5.74, 6) is -0.231. The van der Waals surface area contributed by atoms with Crippen LogP contribution in [0.5, 0.6) is 0 Å². The zero-order valence-corrected chi connectivity index (χ0v) is 5.59. The second-order valence-electron chi connectivity index (χ2n) is 2.01. The lowest BCUT2D eigenvalue weighted by Crippen LogP contribution is -2.12. The monoisotopic (exact) mass is 130 g/mol. The fourth-order valence-electron chi connectivity index (χ4n) is 0.657. The molecule has 52 valence electrons. The van der Waals surface area contributed by atoms with Gasteiger partial charge in [-0.3, -0.25) is 0 Å². The average molecular weight is 130 g/mol. The summed E-state index contributed by atoms with van der Waals surface area (Å²) < 4.78 is 9.53. The maximum Gasteiger partial charge on any atom is 0.337 e. The van der Waals surface area contributed by atoms with Crippen molar-refractivity contribution in [3.05, 3.63) is 0 Å². The quantitative estimate of drug-likeness (QED) is 0.399. The summed E-state index contributed by atoms with van der Waals surface area (Å²) in [5, 5.41) is 0. The van der Waals surface area contributed by atoms with Crippen LogP contribution in [0.2, 0.25) is 0 Å². The van der Waals surface area contributed by atoms with E-state index in [-0.39, 0.29) is 18.2 Å². The van der Waals surface area contributed by atoms with Gasteiger partial charge in [0.15, 0.2) is 6.10 Å². The lowest BCUT2D eigenvalue weighted by Gasteiger charge is -1.94. The zero-order chi connectivity index (χ0) is 6.85. The summed E-state index contributed by atoms with van der Waals surface area (Å²) in [4.78, 5) is 10.7. The number of hydrogen-bond donors (Lipinski definition) is 0. The van der Waals surface area contributed by atoms with Gasteiger partial charge in [0.1, 0.15) is 0 Å². The van der Waals surface area contributed by atoms with E-state index in [0.29, 0.717) is 6.61 Å². The summed E-state index contributed by atoms with van der Waals surface area (Å²) in [7, 11) is 0. The molecule has 0 N–H and O–H groups in total. The highest BCUT2D eigenvalue weighted by atomic mass is 16.6. The Hall–Kier alpha value is -0.570. The van der Waals surface area contributed by atoms with Crippen LogP contribution in [0, 0.1) is 0 Å². The molecule has 1 saturated heterocycles. The van der Waals surface area contributed by atoms with Gasteiger partial charge < -0.3 is 9.47 Å². The molecule has 0 radical (unpaired) electrons. The molecule has 1 fully saturated rings. The molecule has 1 heterocycles. The van der Waals surface area contributed by atoms with Crippen LogP contribution in [0.15, 0.2) is 0 Å². The van der Waals surface area contributed by atoms with E-state index in [2.05, 4.69) is 4.74 Å². The Kier molecular flexibility index (Phi) is 1.71. The summed E-state index contributed by atoms with van der Waals surface area (Å²) >= 11 is 0. The van der Waals surface area contributed by atoms with Crippen molar-refractivity contribution in [2.75, 3.05) is 6.61 Å². The highest BCUT2D eigenvalue weighted by Crippen LogP contribution is 2.21. The summed E-state index contributed by atoms with van der Waals surface area (Å²) in [6, 6.07) is 0. The molecule has 2 atom stereocenters. The number of carbonyl (C=O) groups is 1. The van der Waals surface area contributed by atoms with Gasteiger partial charge in [0.25, 0.3) is 0 Å². The van der Waals surface area contributed by atoms with Crippen LogP contribution in [0.3, 0.4) is 0 Å². The van der Waals surface area contributed by atoms with Crippen LogP contribution in [0.4, 0.5) is 0 Å². The van der Waals surface area contributed by atoms with Gasteiger partial charge in [0.2, 0.25) is 0 Å². The molecule has 0 aromatic carbocycles.